The maximum absolute atomic E-state index is 12.5. The maximum atomic E-state index is 12.5. The zero-order valence-corrected chi connectivity index (χ0v) is 16.9. The summed E-state index contributed by atoms with van der Waals surface area (Å²) in [6, 6.07) is 13.7. The lowest BCUT2D eigenvalue weighted by Gasteiger charge is -2.13. The third kappa shape index (κ3) is 4.38. The molecule has 0 aliphatic rings. The van der Waals surface area contributed by atoms with Crippen LogP contribution in [0.4, 0.5) is 11.4 Å². The number of nitrogens with one attached hydrogen (secondary N) is 2. The van der Waals surface area contributed by atoms with Crippen LogP contribution in [0.25, 0.3) is 5.69 Å². The van der Waals surface area contributed by atoms with Gasteiger partial charge < -0.3 is 10.4 Å². The summed E-state index contributed by atoms with van der Waals surface area (Å²) in [5.74, 6) is -0.654. The first-order valence-electron chi connectivity index (χ1n) is 9.41. The predicted molar refractivity (Wildman–Crippen MR) is 116 cm³/mol. The minimum Gasteiger partial charge on any atom is -0.493 e. The van der Waals surface area contributed by atoms with Crippen LogP contribution in [0.5, 0.6) is 5.88 Å². The standard InChI is InChI=1S/C22H22N4O4/c1-4-18(24-16-9-7-15(8-10-16)23-14(3)27)19-20(28)25-22(30)26(21(19)29)17-11-5-13(2)6-12-17/h5-12,29H,4H2,1-3H3,(H,23,27)(H,25,28,30). The van der Waals surface area contributed by atoms with Crippen molar-refractivity contribution in [2.75, 3.05) is 5.32 Å². The normalized spacial score (nSPS) is 11.4. The molecule has 0 aliphatic heterocycles. The van der Waals surface area contributed by atoms with E-state index in [0.717, 1.165) is 10.1 Å². The maximum Gasteiger partial charge on any atom is 0.335 e. The van der Waals surface area contributed by atoms with Crippen molar-refractivity contribution in [2.45, 2.75) is 27.2 Å². The van der Waals surface area contributed by atoms with E-state index in [9.17, 15) is 19.5 Å². The topological polar surface area (TPSA) is 117 Å². The van der Waals surface area contributed by atoms with E-state index >= 15 is 0 Å². The number of hydrogen-bond donors (Lipinski definition) is 3. The van der Waals surface area contributed by atoms with Gasteiger partial charge in [0.15, 0.2) is 0 Å². The number of aromatic amines is 1. The summed E-state index contributed by atoms with van der Waals surface area (Å²) >= 11 is 0. The molecule has 8 nitrogen and oxygen atoms in total. The molecule has 8 heteroatoms. The molecule has 3 N–H and O–H groups in total. The number of H-pyrrole nitrogens is 1. The SMILES string of the molecule is CCC(=Nc1ccc(NC(C)=O)cc1)c1c(O)n(-c2ccc(C)cc2)c(=O)[nH]c1=O. The number of aliphatic imine (C=N–C) groups is 1. The summed E-state index contributed by atoms with van der Waals surface area (Å²) in [6.45, 7) is 5.12. The molecule has 30 heavy (non-hydrogen) atoms. The van der Waals surface area contributed by atoms with Crippen molar-refractivity contribution >= 4 is 23.0 Å². The second kappa shape index (κ2) is 8.60. The minimum absolute atomic E-state index is 0.0661. The molecule has 1 heterocycles. The number of amides is 1. The molecule has 0 unspecified atom stereocenters. The first-order valence-corrected chi connectivity index (χ1v) is 9.41. The van der Waals surface area contributed by atoms with E-state index in [4.69, 9.17) is 0 Å². The van der Waals surface area contributed by atoms with Gasteiger partial charge in [-0.2, -0.15) is 0 Å². The third-order valence-corrected chi connectivity index (χ3v) is 4.45. The Morgan fingerprint density at radius 2 is 1.73 bits per heavy atom. The van der Waals surface area contributed by atoms with E-state index in [1.54, 1.807) is 55.5 Å². The van der Waals surface area contributed by atoms with Crippen molar-refractivity contribution in [1.82, 2.24) is 9.55 Å². The summed E-state index contributed by atoms with van der Waals surface area (Å²) in [5.41, 5.74) is 1.38. The molecule has 0 radical (unpaired) electrons. The Morgan fingerprint density at radius 3 is 2.30 bits per heavy atom. The number of carbonyl (C=O) groups excluding carboxylic acids is 1. The number of benzene rings is 2. The lowest BCUT2D eigenvalue weighted by Crippen LogP contribution is -2.33. The average molecular weight is 406 g/mol. The van der Waals surface area contributed by atoms with Crippen LogP contribution < -0.4 is 16.6 Å². The van der Waals surface area contributed by atoms with Gasteiger partial charge in [0.25, 0.3) is 5.56 Å². The third-order valence-electron chi connectivity index (χ3n) is 4.45. The van der Waals surface area contributed by atoms with E-state index in [0.29, 0.717) is 29.2 Å². The molecule has 1 amide bonds. The van der Waals surface area contributed by atoms with Crippen LogP contribution >= 0.6 is 0 Å². The fourth-order valence-corrected chi connectivity index (χ4v) is 3.01. The van der Waals surface area contributed by atoms with Gasteiger partial charge in [-0.15, -0.1) is 0 Å². The molecule has 2 aromatic carbocycles. The smallest absolute Gasteiger partial charge is 0.335 e. The van der Waals surface area contributed by atoms with E-state index in [-0.39, 0.29) is 11.5 Å². The zero-order valence-electron chi connectivity index (χ0n) is 16.9. The van der Waals surface area contributed by atoms with Gasteiger partial charge in [-0.05, 0) is 49.7 Å². The molecule has 0 atom stereocenters. The first-order chi connectivity index (χ1) is 14.3. The Balaban J connectivity index is 2.10. The van der Waals surface area contributed by atoms with Crippen molar-refractivity contribution in [3.8, 4) is 11.6 Å². The number of aryl methyl sites for hydroxylation is 1. The highest BCUT2D eigenvalue weighted by Gasteiger charge is 2.19. The summed E-state index contributed by atoms with van der Waals surface area (Å²) in [5, 5.41) is 13.5. The van der Waals surface area contributed by atoms with Gasteiger partial charge >= 0.3 is 5.69 Å². The number of aromatic nitrogens is 2. The lowest BCUT2D eigenvalue weighted by molar-refractivity contribution is -0.114. The lowest BCUT2D eigenvalue weighted by atomic mass is 10.1. The average Bonchev–Trinajstić information content (AvgIpc) is 2.69. The Kier molecular flexibility index (Phi) is 5.96. The largest absolute Gasteiger partial charge is 0.493 e. The summed E-state index contributed by atoms with van der Waals surface area (Å²) in [4.78, 5) is 42.8. The van der Waals surface area contributed by atoms with Gasteiger partial charge in [-0.1, -0.05) is 24.6 Å². The summed E-state index contributed by atoms with van der Waals surface area (Å²) in [6.07, 6.45) is 0.343. The van der Waals surface area contributed by atoms with Crippen molar-refractivity contribution in [2.24, 2.45) is 4.99 Å². The summed E-state index contributed by atoms with van der Waals surface area (Å²) in [7, 11) is 0. The highest BCUT2D eigenvalue weighted by Crippen LogP contribution is 2.22. The van der Waals surface area contributed by atoms with Crippen LogP contribution in [0, 0.1) is 6.92 Å². The monoisotopic (exact) mass is 406 g/mol. The molecule has 0 saturated heterocycles. The highest BCUT2D eigenvalue weighted by molar-refractivity contribution is 6.03. The van der Waals surface area contributed by atoms with Gasteiger partial charge in [-0.25, -0.2) is 9.36 Å². The molecule has 3 rings (SSSR count). The number of carbonyl (C=O) groups is 1. The fraction of sp³-hybridized carbons (Fsp3) is 0.182. The molecule has 0 saturated carbocycles. The van der Waals surface area contributed by atoms with Crippen LogP contribution in [0.15, 0.2) is 63.1 Å². The Bertz CT molecular complexity index is 1220. The molecular weight excluding hydrogens is 384 g/mol. The molecule has 0 aliphatic carbocycles. The van der Waals surface area contributed by atoms with Crippen molar-refractivity contribution in [1.29, 1.82) is 0 Å². The number of nitrogens with zero attached hydrogens (tertiary/aromatic N) is 2. The van der Waals surface area contributed by atoms with Gasteiger partial charge in [0.1, 0.15) is 5.56 Å². The van der Waals surface area contributed by atoms with Crippen LogP contribution in [0.2, 0.25) is 0 Å². The van der Waals surface area contributed by atoms with Crippen LogP contribution in [0.1, 0.15) is 31.4 Å². The first kappa shape index (κ1) is 20.8. The molecule has 154 valence electrons. The molecule has 0 fully saturated rings. The van der Waals surface area contributed by atoms with Crippen molar-refractivity contribution < 1.29 is 9.90 Å². The molecule has 1 aromatic heterocycles. The molecule has 0 spiro atoms. The zero-order chi connectivity index (χ0) is 21.8. The Hall–Kier alpha value is -3.94. The van der Waals surface area contributed by atoms with E-state index < -0.39 is 17.1 Å². The van der Waals surface area contributed by atoms with Crippen LogP contribution in [-0.2, 0) is 4.79 Å². The molecule has 0 bridgehead atoms. The van der Waals surface area contributed by atoms with E-state index in [1.165, 1.54) is 6.92 Å². The van der Waals surface area contributed by atoms with E-state index in [2.05, 4.69) is 15.3 Å². The quantitative estimate of drug-likeness (QED) is 0.565. The van der Waals surface area contributed by atoms with Gasteiger partial charge in [0.2, 0.25) is 11.8 Å². The van der Waals surface area contributed by atoms with Crippen LogP contribution in [-0.4, -0.2) is 26.3 Å². The fourth-order valence-electron chi connectivity index (χ4n) is 3.01. The van der Waals surface area contributed by atoms with Crippen LogP contribution in [0.3, 0.4) is 0 Å². The Morgan fingerprint density at radius 1 is 1.10 bits per heavy atom. The minimum atomic E-state index is -0.736. The second-order valence-corrected chi connectivity index (χ2v) is 6.77. The van der Waals surface area contributed by atoms with Crippen molar-refractivity contribution in [3.05, 3.63) is 80.5 Å². The number of aromatic hydroxyl groups is 1. The summed E-state index contributed by atoms with van der Waals surface area (Å²) < 4.78 is 1.04. The van der Waals surface area contributed by atoms with Gasteiger partial charge in [0, 0.05) is 12.6 Å². The van der Waals surface area contributed by atoms with E-state index in [1.807, 2.05) is 6.92 Å². The second-order valence-electron chi connectivity index (χ2n) is 6.77. The number of hydrogen-bond acceptors (Lipinski definition) is 5. The van der Waals surface area contributed by atoms with Crippen molar-refractivity contribution in [3.63, 3.8) is 0 Å². The number of anilines is 1. The van der Waals surface area contributed by atoms with Gasteiger partial charge in [0.05, 0.1) is 17.1 Å². The molecule has 3 aromatic rings. The highest BCUT2D eigenvalue weighted by atomic mass is 16.3. The van der Waals surface area contributed by atoms with Gasteiger partial charge in [-0.3, -0.25) is 19.6 Å². The predicted octanol–water partition coefficient (Wildman–Crippen LogP) is 3.03. The number of rotatable bonds is 5. The molecular formula is C22H22N4O4. The Labute approximate surface area is 172 Å².